The highest BCUT2D eigenvalue weighted by atomic mass is 16.6. The molecule has 1 aromatic carbocycles. The average Bonchev–Trinajstić information content (AvgIpc) is 2.27. The van der Waals surface area contributed by atoms with Crippen molar-refractivity contribution in [2.45, 2.75) is 12.8 Å². The van der Waals surface area contributed by atoms with Crippen LogP contribution >= 0.6 is 0 Å². The summed E-state index contributed by atoms with van der Waals surface area (Å²) >= 11 is 0. The Morgan fingerprint density at radius 1 is 1.56 bits per heavy atom. The van der Waals surface area contributed by atoms with Crippen LogP contribution in [0.15, 0.2) is 18.2 Å². The minimum Gasteiger partial charge on any atom is -0.469 e. The maximum absolute atomic E-state index is 11.3. The lowest BCUT2D eigenvalue weighted by atomic mass is 10.0. The van der Waals surface area contributed by atoms with Gasteiger partial charge in [-0.2, -0.15) is 0 Å². The summed E-state index contributed by atoms with van der Waals surface area (Å²) in [6.07, 6.45) is 0. The van der Waals surface area contributed by atoms with Gasteiger partial charge in [-0.3, -0.25) is 14.9 Å². The smallest absolute Gasteiger partial charge is 0.312 e. The van der Waals surface area contributed by atoms with Crippen molar-refractivity contribution >= 4 is 17.3 Å². The molecule has 0 unspecified atom stereocenters. The molecule has 1 atom stereocenters. The molecule has 0 spiro atoms. The number of nitro groups is 1. The maximum atomic E-state index is 11.3. The first kappa shape index (κ1) is 12.0. The normalized spacial score (nSPS) is 11.9. The van der Waals surface area contributed by atoms with E-state index in [1.54, 1.807) is 13.0 Å². The molecule has 0 saturated carbocycles. The molecule has 0 aromatic heterocycles. The third-order valence-electron chi connectivity index (χ3n) is 2.31. The second kappa shape index (κ2) is 4.61. The molecule has 0 fully saturated rings. The minimum absolute atomic E-state index is 0.0748. The molecule has 2 N–H and O–H groups in total. The van der Waals surface area contributed by atoms with Crippen LogP contribution in [-0.2, 0) is 9.53 Å². The number of carbonyl (C=O) groups is 1. The molecule has 16 heavy (non-hydrogen) atoms. The van der Waals surface area contributed by atoms with E-state index >= 15 is 0 Å². The van der Waals surface area contributed by atoms with Gasteiger partial charge in [-0.15, -0.1) is 0 Å². The van der Waals surface area contributed by atoms with E-state index in [0.717, 1.165) is 0 Å². The van der Waals surface area contributed by atoms with Crippen LogP contribution < -0.4 is 5.73 Å². The predicted molar refractivity (Wildman–Crippen MR) is 57.9 cm³/mol. The van der Waals surface area contributed by atoms with Gasteiger partial charge in [0.2, 0.25) is 0 Å². The highest BCUT2D eigenvalue weighted by Gasteiger charge is 2.20. The Kier molecular flexibility index (Phi) is 3.44. The number of nitro benzene ring substituents is 1. The Morgan fingerprint density at radius 2 is 2.19 bits per heavy atom. The Morgan fingerprint density at radius 3 is 2.69 bits per heavy atom. The number of nitrogens with zero attached hydrogens (tertiary/aromatic N) is 1. The molecule has 0 aliphatic carbocycles. The summed E-state index contributed by atoms with van der Waals surface area (Å²) in [7, 11) is 1.27. The highest BCUT2D eigenvalue weighted by Crippen LogP contribution is 2.26. The number of rotatable bonds is 3. The molecule has 1 rings (SSSR count). The second-order valence-corrected chi connectivity index (χ2v) is 3.32. The van der Waals surface area contributed by atoms with Gasteiger partial charge in [0, 0.05) is 6.07 Å². The summed E-state index contributed by atoms with van der Waals surface area (Å²) in [5, 5.41) is 10.6. The number of carbonyl (C=O) groups excluding carboxylic acids is 1. The van der Waals surface area contributed by atoms with Gasteiger partial charge in [-0.25, -0.2) is 0 Å². The zero-order valence-corrected chi connectivity index (χ0v) is 8.97. The predicted octanol–water partition coefficient (Wildman–Crippen LogP) is 1.45. The van der Waals surface area contributed by atoms with Crippen molar-refractivity contribution in [3.63, 3.8) is 0 Å². The number of anilines is 1. The Labute approximate surface area is 92.2 Å². The van der Waals surface area contributed by atoms with Crippen LogP contribution in [0.2, 0.25) is 0 Å². The van der Waals surface area contributed by atoms with E-state index in [2.05, 4.69) is 4.74 Å². The summed E-state index contributed by atoms with van der Waals surface area (Å²) in [5.74, 6) is -0.997. The number of hydrogen-bond donors (Lipinski definition) is 1. The van der Waals surface area contributed by atoms with Crippen molar-refractivity contribution < 1.29 is 14.5 Å². The molecule has 0 aliphatic rings. The maximum Gasteiger partial charge on any atom is 0.312 e. The molecule has 0 saturated heterocycles. The zero-order valence-electron chi connectivity index (χ0n) is 8.97. The molecule has 1 aromatic rings. The third-order valence-corrected chi connectivity index (χ3v) is 2.31. The Hall–Kier alpha value is -2.11. The number of hydrogen-bond acceptors (Lipinski definition) is 5. The lowest BCUT2D eigenvalue weighted by molar-refractivity contribution is -0.384. The summed E-state index contributed by atoms with van der Waals surface area (Å²) in [4.78, 5) is 21.3. The van der Waals surface area contributed by atoms with Crippen molar-refractivity contribution in [3.05, 3.63) is 33.9 Å². The highest BCUT2D eigenvalue weighted by molar-refractivity contribution is 5.78. The lowest BCUT2D eigenvalue weighted by Crippen LogP contribution is -2.11. The summed E-state index contributed by atoms with van der Waals surface area (Å²) < 4.78 is 4.56. The van der Waals surface area contributed by atoms with E-state index in [4.69, 9.17) is 5.73 Å². The molecule has 0 heterocycles. The van der Waals surface area contributed by atoms with Gasteiger partial charge in [0.15, 0.2) is 0 Å². The molecule has 6 heteroatoms. The number of ether oxygens (including phenoxy) is 1. The van der Waals surface area contributed by atoms with E-state index in [-0.39, 0.29) is 11.4 Å². The van der Waals surface area contributed by atoms with Crippen molar-refractivity contribution in [2.24, 2.45) is 0 Å². The molecule has 0 radical (unpaired) electrons. The monoisotopic (exact) mass is 224 g/mol. The molecule has 0 amide bonds. The molecule has 0 aliphatic heterocycles. The van der Waals surface area contributed by atoms with Crippen molar-refractivity contribution in [1.82, 2.24) is 0 Å². The molecular weight excluding hydrogens is 212 g/mol. The number of nitrogens with two attached hydrogens (primary N) is 1. The van der Waals surface area contributed by atoms with Crippen LogP contribution in [0.1, 0.15) is 18.4 Å². The quantitative estimate of drug-likeness (QED) is 0.363. The van der Waals surface area contributed by atoms with Crippen LogP contribution in [0.25, 0.3) is 0 Å². The lowest BCUT2D eigenvalue weighted by Gasteiger charge is -2.09. The second-order valence-electron chi connectivity index (χ2n) is 3.32. The summed E-state index contributed by atoms with van der Waals surface area (Å²) in [5.41, 5.74) is 5.82. The van der Waals surface area contributed by atoms with Gasteiger partial charge < -0.3 is 10.5 Å². The Bertz CT molecular complexity index is 431. The van der Waals surface area contributed by atoms with Gasteiger partial charge in [0.05, 0.1) is 18.0 Å². The van der Waals surface area contributed by atoms with Gasteiger partial charge in [0.25, 0.3) is 5.69 Å². The molecular formula is C10H12N2O4. The van der Waals surface area contributed by atoms with Gasteiger partial charge in [-0.05, 0) is 18.6 Å². The van der Waals surface area contributed by atoms with E-state index in [0.29, 0.717) is 5.56 Å². The first-order chi connectivity index (χ1) is 7.47. The number of nitrogen functional groups attached to an aromatic ring is 1. The summed E-state index contributed by atoms with van der Waals surface area (Å²) in [6, 6.07) is 4.27. The van der Waals surface area contributed by atoms with Crippen molar-refractivity contribution in [2.75, 3.05) is 12.8 Å². The van der Waals surface area contributed by atoms with Crippen LogP contribution in [-0.4, -0.2) is 18.0 Å². The number of benzene rings is 1. The minimum atomic E-state index is -0.581. The molecule has 86 valence electrons. The van der Waals surface area contributed by atoms with E-state index in [9.17, 15) is 14.9 Å². The van der Waals surface area contributed by atoms with Crippen LogP contribution in [0.4, 0.5) is 11.4 Å². The molecule has 0 bridgehead atoms. The van der Waals surface area contributed by atoms with Crippen LogP contribution in [0.3, 0.4) is 0 Å². The number of methoxy groups -OCH3 is 1. The van der Waals surface area contributed by atoms with Gasteiger partial charge >= 0.3 is 5.97 Å². The van der Waals surface area contributed by atoms with Crippen LogP contribution in [0, 0.1) is 10.1 Å². The summed E-state index contributed by atoms with van der Waals surface area (Å²) in [6.45, 7) is 1.61. The largest absolute Gasteiger partial charge is 0.469 e. The van der Waals surface area contributed by atoms with Gasteiger partial charge in [0.1, 0.15) is 5.69 Å². The standard InChI is InChI=1S/C10H12N2O4/c1-6(10(13)16-2)7-3-4-8(11)9(5-7)12(14)15/h3-6H,11H2,1-2H3/t6-/m1/s1. The Balaban J connectivity index is 3.12. The number of esters is 1. The first-order valence-electron chi connectivity index (χ1n) is 4.59. The van der Waals surface area contributed by atoms with Crippen molar-refractivity contribution in [3.8, 4) is 0 Å². The third kappa shape index (κ3) is 2.28. The van der Waals surface area contributed by atoms with Crippen LogP contribution in [0.5, 0.6) is 0 Å². The topological polar surface area (TPSA) is 95.5 Å². The van der Waals surface area contributed by atoms with E-state index < -0.39 is 16.8 Å². The molecule has 6 nitrogen and oxygen atoms in total. The van der Waals surface area contributed by atoms with Gasteiger partial charge in [-0.1, -0.05) is 6.07 Å². The SMILES string of the molecule is COC(=O)[C@H](C)c1ccc(N)c([N+](=O)[O-])c1. The fraction of sp³-hybridized carbons (Fsp3) is 0.300. The zero-order chi connectivity index (χ0) is 12.3. The first-order valence-corrected chi connectivity index (χ1v) is 4.59. The van der Waals surface area contributed by atoms with E-state index in [1.807, 2.05) is 0 Å². The fourth-order valence-corrected chi connectivity index (χ4v) is 1.30. The average molecular weight is 224 g/mol. The van der Waals surface area contributed by atoms with E-state index in [1.165, 1.54) is 19.2 Å². The fourth-order valence-electron chi connectivity index (χ4n) is 1.30. The van der Waals surface area contributed by atoms with Crippen molar-refractivity contribution in [1.29, 1.82) is 0 Å².